The fourth-order valence-corrected chi connectivity index (χ4v) is 6.05. The number of ether oxygens (including phenoxy) is 3. The van der Waals surface area contributed by atoms with Crippen LogP contribution in [-0.4, -0.2) is 37.2 Å². The van der Waals surface area contributed by atoms with E-state index in [2.05, 4.69) is 118 Å². The molecule has 1 unspecified atom stereocenters. The van der Waals surface area contributed by atoms with E-state index in [0.29, 0.717) is 19.3 Å². The number of rotatable bonds is 42. The maximum absolute atomic E-state index is 12.8. The second-order valence-electron chi connectivity index (χ2n) is 15.7. The first kappa shape index (κ1) is 59.3. The average Bonchev–Trinajstić information content (AvgIpc) is 3.29. The Balaban J connectivity index is 4.54. The van der Waals surface area contributed by atoms with E-state index in [9.17, 15) is 14.4 Å². The summed E-state index contributed by atoms with van der Waals surface area (Å²) in [5.41, 5.74) is 0. The summed E-state index contributed by atoms with van der Waals surface area (Å²) in [7, 11) is 0. The fraction of sp³-hybridized carbons (Fsp3) is 0.534. The molecule has 356 valence electrons. The van der Waals surface area contributed by atoms with Gasteiger partial charge in [-0.1, -0.05) is 199 Å². The van der Waals surface area contributed by atoms with Crippen LogP contribution in [0.15, 0.2) is 146 Å². The predicted molar refractivity (Wildman–Crippen MR) is 274 cm³/mol. The SMILES string of the molecule is CC\C=C/C=C\C=C/C=C\C=C/CCCCCC(=O)OC(COC(=O)CCCC/C=C\C/C=C\C/C=C\CC)COC(=O)CCCCCCCC/C=C\C/C=C\C/C=C\C/C=C\CC. The minimum Gasteiger partial charge on any atom is -0.462 e. The normalized spacial score (nSPS) is 13.4. The summed E-state index contributed by atoms with van der Waals surface area (Å²) < 4.78 is 16.7. The van der Waals surface area contributed by atoms with Gasteiger partial charge in [0.2, 0.25) is 0 Å². The van der Waals surface area contributed by atoms with Crippen molar-refractivity contribution < 1.29 is 28.6 Å². The van der Waals surface area contributed by atoms with Gasteiger partial charge in [0.25, 0.3) is 0 Å². The van der Waals surface area contributed by atoms with Gasteiger partial charge < -0.3 is 14.2 Å². The van der Waals surface area contributed by atoms with E-state index in [0.717, 1.165) is 116 Å². The van der Waals surface area contributed by atoms with E-state index in [1.165, 1.54) is 12.8 Å². The molecule has 0 aliphatic heterocycles. The van der Waals surface area contributed by atoms with Crippen molar-refractivity contribution in [2.24, 2.45) is 0 Å². The summed E-state index contributed by atoms with van der Waals surface area (Å²) in [6, 6.07) is 0. The lowest BCUT2D eigenvalue weighted by molar-refractivity contribution is -0.167. The van der Waals surface area contributed by atoms with Crippen LogP contribution < -0.4 is 0 Å². The summed E-state index contributed by atoms with van der Waals surface area (Å²) >= 11 is 0. The molecule has 0 aliphatic rings. The molecular formula is C58H88O6. The molecule has 0 N–H and O–H groups in total. The highest BCUT2D eigenvalue weighted by Crippen LogP contribution is 2.12. The number of hydrogen-bond acceptors (Lipinski definition) is 6. The predicted octanol–water partition coefficient (Wildman–Crippen LogP) is 16.5. The summed E-state index contributed by atoms with van der Waals surface area (Å²) in [5.74, 6) is -1.03. The molecule has 0 saturated carbocycles. The van der Waals surface area contributed by atoms with Crippen molar-refractivity contribution in [3.63, 3.8) is 0 Å². The standard InChI is InChI=1S/C58H88O6/c1-4-7-10-13-16-19-22-25-27-28-29-30-32-33-36-39-42-45-48-51-57(60)63-54-55(53-62-56(59)50-47-44-41-38-35-24-21-18-15-12-9-6-3)64-58(61)52-49-46-43-40-37-34-31-26-23-20-17-14-11-8-5-2/h7-12,14,16-21,23,25-27,29-31,34-35,37-38,55H,4-6,13,15,22,24,28,32-33,36,39-54H2,1-3H3/b10-7-,11-8-,12-9-,17-14-,19-16-,21-18-,23-20-,27-25-,30-29-,31-26-,37-34-,38-35-. The molecule has 64 heavy (non-hydrogen) atoms. The zero-order valence-electron chi connectivity index (χ0n) is 40.5. The molecule has 0 bridgehead atoms. The number of unbranched alkanes of at least 4 members (excludes halogenated alkanes) is 11. The van der Waals surface area contributed by atoms with Crippen molar-refractivity contribution in [3.8, 4) is 0 Å². The number of hydrogen-bond donors (Lipinski definition) is 0. The van der Waals surface area contributed by atoms with Gasteiger partial charge in [-0.15, -0.1) is 0 Å². The van der Waals surface area contributed by atoms with Gasteiger partial charge in [0.05, 0.1) is 0 Å². The third kappa shape index (κ3) is 48.3. The third-order valence-corrected chi connectivity index (χ3v) is 9.70. The van der Waals surface area contributed by atoms with Gasteiger partial charge in [0, 0.05) is 19.3 Å². The fourth-order valence-electron chi connectivity index (χ4n) is 6.05. The molecule has 0 radical (unpaired) electrons. The molecule has 0 rings (SSSR count). The van der Waals surface area contributed by atoms with Crippen LogP contribution in [0.4, 0.5) is 0 Å². The van der Waals surface area contributed by atoms with Gasteiger partial charge in [0.1, 0.15) is 13.2 Å². The zero-order chi connectivity index (χ0) is 46.5. The van der Waals surface area contributed by atoms with Crippen LogP contribution in [0.3, 0.4) is 0 Å². The number of carbonyl (C=O) groups excluding carboxylic acids is 3. The highest BCUT2D eigenvalue weighted by atomic mass is 16.6. The highest BCUT2D eigenvalue weighted by molar-refractivity contribution is 5.71. The minimum atomic E-state index is -0.828. The third-order valence-electron chi connectivity index (χ3n) is 9.70. The molecule has 0 aromatic carbocycles. The van der Waals surface area contributed by atoms with Crippen molar-refractivity contribution in [1.82, 2.24) is 0 Å². The van der Waals surface area contributed by atoms with Crippen LogP contribution in [0, 0.1) is 0 Å². The molecule has 1 atom stereocenters. The molecule has 0 aliphatic carbocycles. The van der Waals surface area contributed by atoms with Gasteiger partial charge in [0.15, 0.2) is 6.10 Å². The molecule has 6 heteroatoms. The van der Waals surface area contributed by atoms with E-state index in [1.807, 2.05) is 48.6 Å². The van der Waals surface area contributed by atoms with Crippen LogP contribution in [0.2, 0.25) is 0 Å². The monoisotopic (exact) mass is 881 g/mol. The van der Waals surface area contributed by atoms with Crippen molar-refractivity contribution in [3.05, 3.63) is 146 Å². The second kappa shape index (κ2) is 50.9. The molecular weight excluding hydrogens is 793 g/mol. The van der Waals surface area contributed by atoms with Gasteiger partial charge >= 0.3 is 17.9 Å². The van der Waals surface area contributed by atoms with E-state index < -0.39 is 6.10 Å². The minimum absolute atomic E-state index is 0.122. The number of carbonyl (C=O) groups is 3. The van der Waals surface area contributed by atoms with E-state index >= 15 is 0 Å². The Morgan fingerprint density at radius 1 is 0.328 bits per heavy atom. The first-order valence-corrected chi connectivity index (χ1v) is 24.9. The molecule has 0 fully saturated rings. The maximum Gasteiger partial charge on any atom is 0.306 e. The molecule has 6 nitrogen and oxygen atoms in total. The van der Waals surface area contributed by atoms with Gasteiger partial charge in [-0.3, -0.25) is 14.4 Å². The van der Waals surface area contributed by atoms with Crippen molar-refractivity contribution in [2.75, 3.05) is 13.2 Å². The first-order valence-electron chi connectivity index (χ1n) is 24.9. The van der Waals surface area contributed by atoms with E-state index in [1.54, 1.807) is 0 Å². The van der Waals surface area contributed by atoms with E-state index in [4.69, 9.17) is 14.2 Å². The van der Waals surface area contributed by atoms with Crippen LogP contribution in [0.1, 0.15) is 181 Å². The van der Waals surface area contributed by atoms with E-state index in [-0.39, 0.29) is 44.0 Å². The lowest BCUT2D eigenvalue weighted by atomic mass is 10.1. The van der Waals surface area contributed by atoms with Crippen LogP contribution in [0.5, 0.6) is 0 Å². The van der Waals surface area contributed by atoms with Gasteiger partial charge in [-0.2, -0.15) is 0 Å². The zero-order valence-corrected chi connectivity index (χ0v) is 40.5. The Hall–Kier alpha value is -4.71. The largest absolute Gasteiger partial charge is 0.462 e. The van der Waals surface area contributed by atoms with Crippen LogP contribution in [-0.2, 0) is 28.6 Å². The lowest BCUT2D eigenvalue weighted by Gasteiger charge is -2.18. The molecule has 0 amide bonds. The molecule has 0 saturated heterocycles. The first-order chi connectivity index (χ1) is 31.5. The van der Waals surface area contributed by atoms with Crippen molar-refractivity contribution >= 4 is 17.9 Å². The van der Waals surface area contributed by atoms with Gasteiger partial charge in [-0.05, 0) is 109 Å². The Bertz CT molecular complexity index is 1480. The Labute approximate surface area is 391 Å². The number of allylic oxidation sites excluding steroid dienone is 24. The Morgan fingerprint density at radius 2 is 0.641 bits per heavy atom. The smallest absolute Gasteiger partial charge is 0.306 e. The highest BCUT2D eigenvalue weighted by Gasteiger charge is 2.19. The summed E-state index contributed by atoms with van der Waals surface area (Å²) in [4.78, 5) is 37.9. The average molecular weight is 881 g/mol. The van der Waals surface area contributed by atoms with Gasteiger partial charge in [-0.25, -0.2) is 0 Å². The summed E-state index contributed by atoms with van der Waals surface area (Å²) in [6.45, 7) is 6.15. The lowest BCUT2D eigenvalue weighted by Crippen LogP contribution is -2.30. The molecule has 0 aromatic rings. The van der Waals surface area contributed by atoms with Crippen LogP contribution in [0.25, 0.3) is 0 Å². The topological polar surface area (TPSA) is 78.9 Å². The molecule has 0 aromatic heterocycles. The van der Waals surface area contributed by atoms with Crippen molar-refractivity contribution in [2.45, 2.75) is 187 Å². The quantitative estimate of drug-likeness (QED) is 0.0200. The second-order valence-corrected chi connectivity index (χ2v) is 15.7. The molecule has 0 heterocycles. The number of esters is 3. The Kier molecular flexibility index (Phi) is 47.2. The summed E-state index contributed by atoms with van der Waals surface area (Å²) in [5, 5.41) is 0. The maximum atomic E-state index is 12.8. The Morgan fingerprint density at radius 3 is 1.11 bits per heavy atom. The van der Waals surface area contributed by atoms with Crippen molar-refractivity contribution in [1.29, 1.82) is 0 Å². The molecule has 0 spiro atoms. The summed E-state index contributed by atoms with van der Waals surface area (Å²) in [6.07, 6.45) is 72.6. The van der Waals surface area contributed by atoms with Crippen LogP contribution >= 0.6 is 0 Å².